The van der Waals surface area contributed by atoms with Crippen molar-refractivity contribution < 1.29 is 14.3 Å². The van der Waals surface area contributed by atoms with Gasteiger partial charge >= 0.3 is 0 Å². The lowest BCUT2D eigenvalue weighted by Gasteiger charge is -2.12. The Hall–Kier alpha value is -2.90. The summed E-state index contributed by atoms with van der Waals surface area (Å²) in [6.07, 6.45) is 4.45. The van der Waals surface area contributed by atoms with Gasteiger partial charge in [0, 0.05) is 16.0 Å². The van der Waals surface area contributed by atoms with Crippen molar-refractivity contribution in [3.63, 3.8) is 0 Å². The van der Waals surface area contributed by atoms with Crippen LogP contribution in [0.5, 0.6) is 11.5 Å². The molecule has 0 saturated carbocycles. The van der Waals surface area contributed by atoms with Crippen LogP contribution in [0.15, 0.2) is 42.5 Å². The number of methoxy groups -OCH3 is 2. The number of benzene rings is 2. The Bertz CT molecular complexity index is 1240. The van der Waals surface area contributed by atoms with Gasteiger partial charge in [-0.1, -0.05) is 12.1 Å². The Kier molecular flexibility index (Phi) is 5.38. The van der Waals surface area contributed by atoms with Gasteiger partial charge < -0.3 is 14.8 Å². The molecule has 1 amide bonds. The van der Waals surface area contributed by atoms with Crippen LogP contribution in [0.25, 0.3) is 20.8 Å². The molecule has 0 fully saturated rings. The Morgan fingerprint density at radius 3 is 2.61 bits per heavy atom. The molecule has 0 radical (unpaired) electrons. The summed E-state index contributed by atoms with van der Waals surface area (Å²) in [6, 6.07) is 13.4. The van der Waals surface area contributed by atoms with Gasteiger partial charge in [0.2, 0.25) is 0 Å². The minimum absolute atomic E-state index is 0.165. The fourth-order valence-electron chi connectivity index (χ4n) is 4.01. The number of carbonyl (C=O) groups is 1. The van der Waals surface area contributed by atoms with Gasteiger partial charge in [0.05, 0.1) is 24.4 Å². The Morgan fingerprint density at radius 1 is 1.00 bits per heavy atom. The Labute approximate surface area is 188 Å². The molecule has 2 aromatic heterocycles. The zero-order chi connectivity index (χ0) is 21.4. The second kappa shape index (κ2) is 8.32. The third-order valence-electron chi connectivity index (χ3n) is 5.55. The zero-order valence-corrected chi connectivity index (χ0v) is 19.0. The average molecular weight is 451 g/mol. The molecule has 0 aliphatic heterocycles. The van der Waals surface area contributed by atoms with E-state index in [1.807, 2.05) is 18.2 Å². The van der Waals surface area contributed by atoms with Crippen molar-refractivity contribution in [2.75, 3.05) is 19.5 Å². The van der Waals surface area contributed by atoms with Gasteiger partial charge in [-0.25, -0.2) is 4.98 Å². The van der Waals surface area contributed by atoms with Gasteiger partial charge in [0.1, 0.15) is 10.0 Å². The number of anilines is 1. The lowest BCUT2D eigenvalue weighted by molar-refractivity contribution is 0.102. The minimum Gasteiger partial charge on any atom is -0.493 e. The molecule has 2 heterocycles. The molecule has 2 aromatic carbocycles. The maximum atomic E-state index is 13.1. The van der Waals surface area contributed by atoms with Gasteiger partial charge in [0.15, 0.2) is 11.5 Å². The molecule has 0 atom stereocenters. The number of aromatic nitrogens is 1. The number of rotatable bonds is 5. The SMILES string of the molecule is COc1ccc(C(=O)Nc2sc3c(c2-c2nc4ccccc4s2)CCCC3)cc1OC. The van der Waals surface area contributed by atoms with Crippen LogP contribution in [-0.2, 0) is 12.8 Å². The first-order valence-corrected chi connectivity index (χ1v) is 11.8. The fraction of sp³-hybridized carbons (Fsp3) is 0.250. The molecule has 0 saturated heterocycles. The summed E-state index contributed by atoms with van der Waals surface area (Å²) < 4.78 is 11.8. The summed E-state index contributed by atoms with van der Waals surface area (Å²) in [6.45, 7) is 0. The maximum absolute atomic E-state index is 13.1. The molecule has 1 aliphatic carbocycles. The molecular formula is C24H22N2O3S2. The molecule has 5 nitrogen and oxygen atoms in total. The largest absolute Gasteiger partial charge is 0.493 e. The fourth-order valence-corrected chi connectivity index (χ4v) is 6.41. The summed E-state index contributed by atoms with van der Waals surface area (Å²) in [5.41, 5.74) is 3.96. The summed E-state index contributed by atoms with van der Waals surface area (Å²) in [7, 11) is 3.15. The molecule has 7 heteroatoms. The van der Waals surface area contributed by atoms with E-state index in [0.29, 0.717) is 17.1 Å². The van der Waals surface area contributed by atoms with Crippen molar-refractivity contribution in [1.29, 1.82) is 0 Å². The zero-order valence-electron chi connectivity index (χ0n) is 17.4. The summed E-state index contributed by atoms with van der Waals surface area (Å²) >= 11 is 3.37. The van der Waals surface area contributed by atoms with Gasteiger partial charge in [-0.15, -0.1) is 22.7 Å². The summed E-state index contributed by atoms with van der Waals surface area (Å²) in [5.74, 6) is 0.967. The highest BCUT2D eigenvalue weighted by molar-refractivity contribution is 7.23. The quantitative estimate of drug-likeness (QED) is 0.395. The first-order valence-electron chi connectivity index (χ1n) is 10.2. The van der Waals surface area contributed by atoms with Gasteiger partial charge in [-0.2, -0.15) is 0 Å². The first-order chi connectivity index (χ1) is 15.2. The number of carbonyl (C=O) groups excluding carboxylic acids is 1. The molecule has 0 bridgehead atoms. The molecule has 4 aromatic rings. The molecule has 158 valence electrons. The van der Waals surface area contributed by atoms with Crippen LogP contribution in [-0.4, -0.2) is 25.1 Å². The maximum Gasteiger partial charge on any atom is 0.256 e. The van der Waals surface area contributed by atoms with Crippen LogP contribution in [0, 0.1) is 0 Å². The van der Waals surface area contributed by atoms with E-state index < -0.39 is 0 Å². The van der Waals surface area contributed by atoms with Crippen molar-refractivity contribution in [1.82, 2.24) is 4.98 Å². The van der Waals surface area contributed by atoms with Crippen LogP contribution in [0.3, 0.4) is 0 Å². The Balaban J connectivity index is 1.55. The predicted molar refractivity (Wildman–Crippen MR) is 127 cm³/mol. The number of hydrogen-bond donors (Lipinski definition) is 1. The number of nitrogens with one attached hydrogen (secondary N) is 1. The first kappa shape index (κ1) is 20.0. The van der Waals surface area contributed by atoms with E-state index in [0.717, 1.165) is 38.6 Å². The third-order valence-corrected chi connectivity index (χ3v) is 7.81. The summed E-state index contributed by atoms with van der Waals surface area (Å²) in [5, 5.41) is 5.02. The number of amides is 1. The molecule has 0 spiro atoms. The highest BCUT2D eigenvalue weighted by atomic mass is 32.1. The number of aryl methyl sites for hydroxylation is 1. The smallest absolute Gasteiger partial charge is 0.256 e. The second-order valence-electron chi connectivity index (χ2n) is 7.43. The Morgan fingerprint density at radius 2 is 1.81 bits per heavy atom. The minimum atomic E-state index is -0.165. The van der Waals surface area contributed by atoms with E-state index in [1.165, 1.54) is 23.3 Å². The van der Waals surface area contributed by atoms with Crippen LogP contribution in [0.1, 0.15) is 33.6 Å². The topological polar surface area (TPSA) is 60.5 Å². The monoisotopic (exact) mass is 450 g/mol. The molecule has 1 N–H and O–H groups in total. The molecule has 1 aliphatic rings. The molecule has 31 heavy (non-hydrogen) atoms. The third kappa shape index (κ3) is 3.68. The molecule has 0 unspecified atom stereocenters. The highest BCUT2D eigenvalue weighted by Gasteiger charge is 2.25. The number of nitrogens with zero attached hydrogens (tertiary/aromatic N) is 1. The predicted octanol–water partition coefficient (Wildman–Crippen LogP) is 6.17. The van der Waals surface area contributed by atoms with Crippen molar-refractivity contribution in [3.05, 3.63) is 58.5 Å². The van der Waals surface area contributed by atoms with E-state index in [2.05, 4.69) is 11.4 Å². The number of fused-ring (bicyclic) bond motifs is 2. The van der Waals surface area contributed by atoms with Crippen LogP contribution < -0.4 is 14.8 Å². The van der Waals surface area contributed by atoms with E-state index in [4.69, 9.17) is 14.5 Å². The van der Waals surface area contributed by atoms with Gasteiger partial charge in [-0.05, 0) is 61.6 Å². The van der Waals surface area contributed by atoms with E-state index in [1.54, 1.807) is 55.1 Å². The number of para-hydroxylation sites is 1. The van der Waals surface area contributed by atoms with Crippen LogP contribution >= 0.6 is 22.7 Å². The van der Waals surface area contributed by atoms with Crippen LogP contribution in [0.2, 0.25) is 0 Å². The molecule has 5 rings (SSSR count). The van der Waals surface area contributed by atoms with E-state index in [-0.39, 0.29) is 5.91 Å². The lowest BCUT2D eigenvalue weighted by Crippen LogP contribution is -2.12. The second-order valence-corrected chi connectivity index (χ2v) is 9.56. The van der Waals surface area contributed by atoms with Crippen molar-refractivity contribution in [3.8, 4) is 22.1 Å². The van der Waals surface area contributed by atoms with E-state index >= 15 is 0 Å². The highest BCUT2D eigenvalue weighted by Crippen LogP contribution is 2.46. The average Bonchev–Trinajstić information content (AvgIpc) is 3.38. The number of thiazole rings is 1. The van der Waals surface area contributed by atoms with Gasteiger partial charge in [-0.3, -0.25) is 4.79 Å². The van der Waals surface area contributed by atoms with Crippen LogP contribution in [0.4, 0.5) is 5.00 Å². The lowest BCUT2D eigenvalue weighted by atomic mass is 9.95. The van der Waals surface area contributed by atoms with Crippen molar-refractivity contribution in [2.45, 2.75) is 25.7 Å². The number of ether oxygens (including phenoxy) is 2. The van der Waals surface area contributed by atoms with Gasteiger partial charge in [0.25, 0.3) is 5.91 Å². The standard InChI is InChI=1S/C24H22N2O3S2/c1-28-17-12-11-14(13-18(17)29-2)22(27)26-24-21(15-7-3-5-9-19(15)30-24)23-25-16-8-4-6-10-20(16)31-23/h4,6,8,10-13H,3,5,7,9H2,1-2H3,(H,26,27). The van der Waals surface area contributed by atoms with E-state index in [9.17, 15) is 4.79 Å². The van der Waals surface area contributed by atoms with Crippen molar-refractivity contribution in [2.24, 2.45) is 0 Å². The molecular weight excluding hydrogens is 428 g/mol. The van der Waals surface area contributed by atoms with Crippen molar-refractivity contribution >= 4 is 43.8 Å². The normalized spacial score (nSPS) is 13.1. The summed E-state index contributed by atoms with van der Waals surface area (Å²) in [4.78, 5) is 19.4. The number of thiophene rings is 1. The number of hydrogen-bond acceptors (Lipinski definition) is 6.